The predicted octanol–water partition coefficient (Wildman–Crippen LogP) is 5.40. The van der Waals surface area contributed by atoms with Gasteiger partial charge in [0.1, 0.15) is 11.9 Å². The highest BCUT2D eigenvalue weighted by Gasteiger charge is 2.19. The molecule has 1 aromatic heterocycles. The normalized spacial score (nSPS) is 13.2. The van der Waals surface area contributed by atoms with Crippen LogP contribution in [0.5, 0.6) is 17.2 Å². The van der Waals surface area contributed by atoms with E-state index in [1.54, 1.807) is 18.4 Å². The molecule has 0 spiro atoms. The molecule has 0 radical (unpaired) electrons. The quantitative estimate of drug-likeness (QED) is 0.425. The first kappa shape index (κ1) is 21.4. The van der Waals surface area contributed by atoms with Gasteiger partial charge in [0.2, 0.25) is 0 Å². The molecule has 0 amide bonds. The Labute approximate surface area is 176 Å². The fraction of sp³-hybridized carbons (Fsp3) is 0.391. The van der Waals surface area contributed by atoms with E-state index in [-0.39, 0.29) is 12.4 Å². The maximum atomic E-state index is 6.50. The van der Waals surface area contributed by atoms with E-state index >= 15 is 0 Å². The molecule has 3 rings (SSSR count). The Hall–Kier alpha value is -2.28. The molecule has 0 saturated carbocycles. The highest BCUT2D eigenvalue weighted by atomic mass is 32.1. The lowest BCUT2D eigenvalue weighted by atomic mass is 10.1. The first-order valence-corrected chi connectivity index (χ1v) is 10.8. The van der Waals surface area contributed by atoms with E-state index in [4.69, 9.17) is 18.9 Å². The summed E-state index contributed by atoms with van der Waals surface area (Å²) in [7, 11) is 3.60. The summed E-state index contributed by atoms with van der Waals surface area (Å²) in [6, 6.07) is 14.1. The molecule has 156 valence electrons. The number of hydrogen-bond donors (Lipinski definition) is 1. The number of rotatable bonds is 11. The molecular formula is C23H29NO4S. The Bertz CT molecular complexity index is 897. The number of ether oxygens (including phenoxy) is 4. The van der Waals surface area contributed by atoms with Gasteiger partial charge >= 0.3 is 0 Å². The van der Waals surface area contributed by atoms with Crippen molar-refractivity contribution >= 4 is 22.1 Å². The second-order valence-electron chi connectivity index (χ2n) is 6.60. The molecule has 1 unspecified atom stereocenters. The summed E-state index contributed by atoms with van der Waals surface area (Å²) in [5.41, 5.74) is 0. The Balaban J connectivity index is 1.98. The number of methoxy groups -OCH3 is 1. The highest BCUT2D eigenvalue weighted by Crippen LogP contribution is 2.41. The molecule has 0 bridgehead atoms. The molecule has 5 nitrogen and oxygen atoms in total. The predicted molar refractivity (Wildman–Crippen MR) is 118 cm³/mol. The minimum atomic E-state index is -0.376. The van der Waals surface area contributed by atoms with Crippen molar-refractivity contribution in [3.8, 4) is 17.2 Å². The Morgan fingerprint density at radius 2 is 1.86 bits per heavy atom. The van der Waals surface area contributed by atoms with E-state index in [2.05, 4.69) is 22.8 Å². The van der Waals surface area contributed by atoms with Gasteiger partial charge in [-0.3, -0.25) is 0 Å². The van der Waals surface area contributed by atoms with Crippen LogP contribution in [0.3, 0.4) is 0 Å². The molecule has 29 heavy (non-hydrogen) atoms. The van der Waals surface area contributed by atoms with Gasteiger partial charge in [-0.25, -0.2) is 0 Å². The molecule has 3 aromatic rings. The zero-order valence-corrected chi connectivity index (χ0v) is 18.3. The van der Waals surface area contributed by atoms with Gasteiger partial charge in [-0.1, -0.05) is 18.2 Å². The van der Waals surface area contributed by atoms with Crippen molar-refractivity contribution in [1.82, 2.24) is 5.32 Å². The summed E-state index contributed by atoms with van der Waals surface area (Å²) in [6.45, 7) is 5.28. The van der Waals surface area contributed by atoms with E-state index < -0.39 is 0 Å². The number of nitrogens with one attached hydrogen (secondary N) is 1. The number of fused-ring (bicyclic) bond motifs is 1. The van der Waals surface area contributed by atoms with E-state index in [1.165, 1.54) is 4.88 Å². The average Bonchev–Trinajstić information content (AvgIpc) is 3.26. The minimum Gasteiger partial charge on any atom is -0.493 e. The zero-order valence-electron chi connectivity index (χ0n) is 17.4. The van der Waals surface area contributed by atoms with Crippen molar-refractivity contribution in [3.05, 3.63) is 52.7 Å². The summed E-state index contributed by atoms with van der Waals surface area (Å²) < 4.78 is 23.7. The molecule has 0 aliphatic heterocycles. The van der Waals surface area contributed by atoms with Gasteiger partial charge in [0.05, 0.1) is 7.11 Å². The summed E-state index contributed by atoms with van der Waals surface area (Å²) in [5.74, 6) is 2.17. The molecule has 0 aliphatic rings. The average molecular weight is 416 g/mol. The van der Waals surface area contributed by atoms with Crippen molar-refractivity contribution in [1.29, 1.82) is 0 Å². The van der Waals surface area contributed by atoms with E-state index in [9.17, 15) is 0 Å². The number of thiophene rings is 1. The molecule has 0 aliphatic carbocycles. The van der Waals surface area contributed by atoms with Crippen LogP contribution in [-0.4, -0.2) is 33.6 Å². The van der Waals surface area contributed by atoms with Gasteiger partial charge in [-0.05, 0) is 57.1 Å². The van der Waals surface area contributed by atoms with Crippen molar-refractivity contribution in [2.24, 2.45) is 0 Å². The standard InChI is InChI=1S/C23H29NO4S/c1-5-26-16(2)27-23-18-8-6-9-19(17(18)11-12-21(23)25-4)28-20(13-14-24-3)22-10-7-15-29-22/h6-12,15-16,20,24H,5,13-14H2,1-4H3/t16?,20-/m1/s1. The summed E-state index contributed by atoms with van der Waals surface area (Å²) in [4.78, 5) is 1.22. The molecule has 2 aromatic carbocycles. The zero-order chi connectivity index (χ0) is 20.6. The molecule has 0 fully saturated rings. The summed E-state index contributed by atoms with van der Waals surface area (Å²) >= 11 is 1.72. The molecule has 0 saturated heterocycles. The van der Waals surface area contributed by atoms with Crippen molar-refractivity contribution < 1.29 is 18.9 Å². The molecule has 6 heteroatoms. The second-order valence-corrected chi connectivity index (χ2v) is 7.58. The molecule has 2 atom stereocenters. The Morgan fingerprint density at radius 3 is 2.55 bits per heavy atom. The van der Waals surface area contributed by atoms with Crippen LogP contribution in [0.25, 0.3) is 10.8 Å². The largest absolute Gasteiger partial charge is 0.493 e. The van der Waals surface area contributed by atoms with E-state index in [0.717, 1.165) is 29.5 Å². The van der Waals surface area contributed by atoms with Crippen molar-refractivity contribution in [2.45, 2.75) is 32.7 Å². The summed E-state index contributed by atoms with van der Waals surface area (Å²) in [5, 5.41) is 7.22. The van der Waals surface area contributed by atoms with Gasteiger partial charge in [0.25, 0.3) is 0 Å². The lowest BCUT2D eigenvalue weighted by Crippen LogP contribution is -2.17. The fourth-order valence-corrected chi connectivity index (χ4v) is 4.05. The molecule has 1 heterocycles. The number of hydrogen-bond acceptors (Lipinski definition) is 6. The number of benzene rings is 2. The van der Waals surface area contributed by atoms with Crippen LogP contribution in [-0.2, 0) is 4.74 Å². The lowest BCUT2D eigenvalue weighted by Gasteiger charge is -2.21. The smallest absolute Gasteiger partial charge is 0.197 e. The van der Waals surface area contributed by atoms with Gasteiger partial charge in [0, 0.05) is 28.7 Å². The monoisotopic (exact) mass is 415 g/mol. The Morgan fingerprint density at radius 1 is 1.00 bits per heavy atom. The third-order valence-corrected chi connectivity index (χ3v) is 5.59. The molecular weight excluding hydrogens is 386 g/mol. The van der Waals surface area contributed by atoms with Gasteiger partial charge in [-0.15, -0.1) is 11.3 Å². The SMILES string of the molecule is CCOC(C)Oc1c(OC)ccc2c(O[C@H](CCNC)c3cccs3)cccc12. The van der Waals surface area contributed by atoms with Crippen molar-refractivity contribution in [2.75, 3.05) is 27.3 Å². The van der Waals surface area contributed by atoms with Gasteiger partial charge in [0.15, 0.2) is 17.8 Å². The minimum absolute atomic E-state index is 0.0122. The van der Waals surface area contributed by atoms with E-state index in [1.807, 2.05) is 51.2 Å². The highest BCUT2D eigenvalue weighted by molar-refractivity contribution is 7.10. The van der Waals surface area contributed by atoms with Crippen LogP contribution >= 0.6 is 11.3 Å². The van der Waals surface area contributed by atoms with Crippen LogP contribution in [0.15, 0.2) is 47.8 Å². The van der Waals surface area contributed by atoms with Gasteiger partial charge in [-0.2, -0.15) is 0 Å². The van der Waals surface area contributed by atoms with Crippen LogP contribution in [0.4, 0.5) is 0 Å². The second kappa shape index (κ2) is 10.5. The van der Waals surface area contributed by atoms with Crippen LogP contribution in [0.1, 0.15) is 31.2 Å². The maximum Gasteiger partial charge on any atom is 0.197 e. The molecule has 1 N–H and O–H groups in total. The maximum absolute atomic E-state index is 6.50. The fourth-order valence-electron chi connectivity index (χ4n) is 3.26. The third-order valence-electron chi connectivity index (χ3n) is 4.63. The van der Waals surface area contributed by atoms with Crippen LogP contribution in [0, 0.1) is 0 Å². The van der Waals surface area contributed by atoms with Crippen LogP contribution < -0.4 is 19.5 Å². The van der Waals surface area contributed by atoms with Crippen LogP contribution in [0.2, 0.25) is 0 Å². The van der Waals surface area contributed by atoms with Crippen molar-refractivity contribution in [3.63, 3.8) is 0 Å². The van der Waals surface area contributed by atoms with E-state index in [0.29, 0.717) is 18.1 Å². The topological polar surface area (TPSA) is 49.0 Å². The lowest BCUT2D eigenvalue weighted by molar-refractivity contribution is -0.0615. The first-order valence-electron chi connectivity index (χ1n) is 9.90. The van der Waals surface area contributed by atoms with Gasteiger partial charge < -0.3 is 24.3 Å². The first-order chi connectivity index (χ1) is 14.2. The summed E-state index contributed by atoms with van der Waals surface area (Å²) in [6.07, 6.45) is 0.495. The Kier molecular flexibility index (Phi) is 7.75. The third kappa shape index (κ3) is 5.21.